The van der Waals surface area contributed by atoms with Crippen molar-refractivity contribution >= 4 is 38.4 Å². The van der Waals surface area contributed by atoms with E-state index in [1.165, 1.54) is 5.56 Å². The SMILES string of the molecule is Cc1cc2nc(CC(C)C)sc2c(-c2ccc3c4c(ccnc24)CCO3)c1CC(=O)O. The number of aromatic nitrogens is 2. The highest BCUT2D eigenvalue weighted by Gasteiger charge is 2.23. The first-order chi connectivity index (χ1) is 14.9. The van der Waals surface area contributed by atoms with Gasteiger partial charge in [-0.3, -0.25) is 9.78 Å². The third-order valence-electron chi connectivity index (χ3n) is 5.81. The van der Waals surface area contributed by atoms with Gasteiger partial charge in [-0.15, -0.1) is 11.3 Å². The minimum atomic E-state index is -0.838. The van der Waals surface area contributed by atoms with E-state index >= 15 is 0 Å². The summed E-state index contributed by atoms with van der Waals surface area (Å²) in [6.07, 6.45) is 3.56. The van der Waals surface area contributed by atoms with Gasteiger partial charge >= 0.3 is 5.97 Å². The lowest BCUT2D eigenvalue weighted by molar-refractivity contribution is -0.136. The van der Waals surface area contributed by atoms with Gasteiger partial charge in [0.2, 0.25) is 0 Å². The van der Waals surface area contributed by atoms with Gasteiger partial charge in [-0.2, -0.15) is 0 Å². The Hall–Kier alpha value is -2.99. The quantitative estimate of drug-likeness (QED) is 0.446. The fourth-order valence-corrected chi connectivity index (χ4v) is 5.83. The highest BCUT2D eigenvalue weighted by Crippen LogP contribution is 2.44. The molecular weight excluding hydrogens is 408 g/mol. The van der Waals surface area contributed by atoms with Crippen LogP contribution in [-0.2, 0) is 24.1 Å². The van der Waals surface area contributed by atoms with Crippen molar-refractivity contribution in [2.45, 2.75) is 40.0 Å². The summed E-state index contributed by atoms with van der Waals surface area (Å²) < 4.78 is 6.94. The summed E-state index contributed by atoms with van der Waals surface area (Å²) in [6.45, 7) is 7.01. The largest absolute Gasteiger partial charge is 0.493 e. The molecular formula is C25H24N2O3S. The molecule has 2 aromatic carbocycles. The molecule has 0 unspecified atom stereocenters. The lowest BCUT2D eigenvalue weighted by Gasteiger charge is -2.21. The third-order valence-corrected chi connectivity index (χ3v) is 6.92. The number of benzene rings is 2. The van der Waals surface area contributed by atoms with Crippen molar-refractivity contribution in [3.8, 4) is 16.9 Å². The maximum absolute atomic E-state index is 11.8. The molecule has 1 aliphatic heterocycles. The number of carboxylic acids is 1. The second-order valence-corrected chi connectivity index (χ2v) is 9.66. The number of hydrogen-bond acceptors (Lipinski definition) is 5. The van der Waals surface area contributed by atoms with Crippen molar-refractivity contribution in [1.29, 1.82) is 0 Å². The molecule has 5 nitrogen and oxygen atoms in total. The number of pyridine rings is 1. The topological polar surface area (TPSA) is 72.3 Å². The summed E-state index contributed by atoms with van der Waals surface area (Å²) in [7, 11) is 0. The van der Waals surface area contributed by atoms with Gasteiger partial charge in [0.05, 0.1) is 33.8 Å². The third kappa shape index (κ3) is 3.45. The van der Waals surface area contributed by atoms with Crippen LogP contribution in [0.5, 0.6) is 5.75 Å². The van der Waals surface area contributed by atoms with Gasteiger partial charge in [0.1, 0.15) is 5.75 Å². The molecule has 0 saturated heterocycles. The number of rotatable bonds is 5. The smallest absolute Gasteiger partial charge is 0.307 e. The Bertz CT molecular complexity index is 1330. The van der Waals surface area contributed by atoms with E-state index in [9.17, 15) is 9.90 Å². The molecule has 0 fully saturated rings. The van der Waals surface area contributed by atoms with E-state index in [0.717, 1.165) is 67.0 Å². The van der Waals surface area contributed by atoms with Crippen LogP contribution in [0.4, 0.5) is 0 Å². The first kappa shape index (κ1) is 19.9. The molecule has 0 saturated carbocycles. The summed E-state index contributed by atoms with van der Waals surface area (Å²) in [6, 6.07) is 8.10. The molecule has 6 heteroatoms. The van der Waals surface area contributed by atoms with E-state index in [2.05, 4.69) is 19.9 Å². The van der Waals surface area contributed by atoms with E-state index in [0.29, 0.717) is 12.5 Å². The molecule has 0 atom stereocenters. The number of nitrogens with zero attached hydrogens (tertiary/aromatic N) is 2. The predicted octanol–water partition coefficient (Wildman–Crippen LogP) is 5.58. The molecule has 0 spiro atoms. The van der Waals surface area contributed by atoms with E-state index in [1.54, 1.807) is 11.3 Å². The minimum absolute atomic E-state index is 0.0338. The first-order valence-electron chi connectivity index (χ1n) is 10.6. The predicted molar refractivity (Wildman–Crippen MR) is 124 cm³/mol. The van der Waals surface area contributed by atoms with Crippen LogP contribution in [0.2, 0.25) is 0 Å². The molecule has 1 N–H and O–H groups in total. The highest BCUT2D eigenvalue weighted by atomic mass is 32.1. The molecule has 0 amide bonds. The van der Waals surface area contributed by atoms with Crippen LogP contribution in [0.15, 0.2) is 30.5 Å². The standard InChI is InChI=1S/C25H24N2O3S/c1-13(2)10-20-27-18-11-14(3)17(12-21(28)29)23(25(18)31-20)16-4-5-19-22-15(7-9-30-19)6-8-26-24(16)22/h4-6,8,11,13H,7,9-10,12H2,1-3H3,(H,28,29). The number of ether oxygens (including phenoxy) is 1. The highest BCUT2D eigenvalue weighted by molar-refractivity contribution is 7.19. The lowest BCUT2D eigenvalue weighted by atomic mass is 9.90. The van der Waals surface area contributed by atoms with Crippen LogP contribution in [0.25, 0.3) is 32.2 Å². The zero-order chi connectivity index (χ0) is 21.7. The molecule has 0 bridgehead atoms. The number of fused-ring (bicyclic) bond motifs is 1. The van der Waals surface area contributed by atoms with E-state index in [-0.39, 0.29) is 6.42 Å². The molecule has 3 heterocycles. The first-order valence-corrected chi connectivity index (χ1v) is 11.4. The van der Waals surface area contributed by atoms with Gasteiger partial charge in [0, 0.05) is 35.6 Å². The van der Waals surface area contributed by atoms with E-state index in [1.807, 2.05) is 31.3 Å². The number of thiazole rings is 1. The average molecular weight is 433 g/mol. The molecule has 31 heavy (non-hydrogen) atoms. The average Bonchev–Trinajstić information content (AvgIpc) is 3.10. The molecule has 0 aliphatic carbocycles. The maximum Gasteiger partial charge on any atom is 0.307 e. The van der Waals surface area contributed by atoms with Gasteiger partial charge in [-0.25, -0.2) is 4.98 Å². The van der Waals surface area contributed by atoms with Crippen LogP contribution in [0.3, 0.4) is 0 Å². The second-order valence-electron chi connectivity index (χ2n) is 8.57. The van der Waals surface area contributed by atoms with E-state index < -0.39 is 5.97 Å². The Labute approximate surface area is 184 Å². The summed E-state index contributed by atoms with van der Waals surface area (Å²) in [5.74, 6) is 0.513. The van der Waals surface area contributed by atoms with Crippen LogP contribution in [0.1, 0.15) is 35.5 Å². The van der Waals surface area contributed by atoms with Crippen LogP contribution >= 0.6 is 11.3 Å². The lowest BCUT2D eigenvalue weighted by Crippen LogP contribution is -2.09. The van der Waals surface area contributed by atoms with Crippen molar-refractivity contribution < 1.29 is 14.6 Å². The van der Waals surface area contributed by atoms with Crippen molar-refractivity contribution in [2.24, 2.45) is 5.92 Å². The van der Waals surface area contributed by atoms with Gasteiger partial charge in [-0.1, -0.05) is 13.8 Å². The van der Waals surface area contributed by atoms with Gasteiger partial charge in [-0.05, 0) is 53.8 Å². The van der Waals surface area contributed by atoms with Crippen LogP contribution in [-0.4, -0.2) is 27.7 Å². The monoisotopic (exact) mass is 432 g/mol. The summed E-state index contributed by atoms with van der Waals surface area (Å²) in [5.41, 5.74) is 6.71. The van der Waals surface area contributed by atoms with Gasteiger partial charge in [0.15, 0.2) is 0 Å². The van der Waals surface area contributed by atoms with Crippen molar-refractivity contribution in [3.63, 3.8) is 0 Å². The Kier molecular flexibility index (Phi) is 4.89. The van der Waals surface area contributed by atoms with Gasteiger partial charge < -0.3 is 9.84 Å². The van der Waals surface area contributed by atoms with Crippen LogP contribution < -0.4 is 4.74 Å². The zero-order valence-electron chi connectivity index (χ0n) is 17.9. The maximum atomic E-state index is 11.8. The second kappa shape index (κ2) is 7.61. The molecule has 5 rings (SSSR count). The molecule has 1 aliphatic rings. The van der Waals surface area contributed by atoms with Crippen molar-refractivity contribution in [2.75, 3.05) is 6.61 Å². The fraction of sp³-hybridized carbons (Fsp3) is 0.320. The van der Waals surface area contributed by atoms with Gasteiger partial charge in [0.25, 0.3) is 0 Å². The summed E-state index contributed by atoms with van der Waals surface area (Å²) >= 11 is 1.67. The zero-order valence-corrected chi connectivity index (χ0v) is 18.7. The van der Waals surface area contributed by atoms with Crippen molar-refractivity contribution in [1.82, 2.24) is 9.97 Å². The number of aryl methyl sites for hydroxylation is 1. The summed E-state index contributed by atoms with van der Waals surface area (Å²) in [5, 5.41) is 11.8. The Morgan fingerprint density at radius 1 is 1.29 bits per heavy atom. The minimum Gasteiger partial charge on any atom is -0.493 e. The Morgan fingerprint density at radius 2 is 2.13 bits per heavy atom. The van der Waals surface area contributed by atoms with Crippen LogP contribution in [0, 0.1) is 12.8 Å². The van der Waals surface area contributed by atoms with Crippen molar-refractivity contribution in [3.05, 3.63) is 52.2 Å². The molecule has 0 radical (unpaired) electrons. The fourth-order valence-electron chi connectivity index (χ4n) is 4.49. The molecule has 2 aromatic heterocycles. The molecule has 4 aromatic rings. The molecule has 158 valence electrons. The Balaban J connectivity index is 1.86. The Morgan fingerprint density at radius 3 is 2.90 bits per heavy atom. The summed E-state index contributed by atoms with van der Waals surface area (Å²) in [4.78, 5) is 21.4. The number of hydrogen-bond donors (Lipinski definition) is 1. The number of carboxylic acid groups (broad SMARTS) is 1. The number of aliphatic carboxylic acids is 1. The van der Waals surface area contributed by atoms with E-state index in [4.69, 9.17) is 14.7 Å². The normalized spacial score (nSPS) is 13.2. The number of carbonyl (C=O) groups is 1.